The van der Waals surface area contributed by atoms with Crippen molar-refractivity contribution in [2.45, 2.75) is 19.0 Å². The molecule has 33 heavy (non-hydrogen) atoms. The average molecular weight is 464 g/mol. The largest absolute Gasteiger partial charge is 0.493 e. The van der Waals surface area contributed by atoms with Gasteiger partial charge in [-0.1, -0.05) is 30.3 Å². The monoisotopic (exact) mass is 463 g/mol. The van der Waals surface area contributed by atoms with Crippen molar-refractivity contribution < 1.29 is 19.1 Å². The van der Waals surface area contributed by atoms with Gasteiger partial charge in [0, 0.05) is 30.1 Å². The molecule has 2 amide bonds. The Kier molecular flexibility index (Phi) is 6.95. The molecule has 2 aromatic carbocycles. The number of ether oxygens (including phenoxy) is 2. The molecule has 0 saturated heterocycles. The number of carbonyl (C=O) groups is 2. The number of fused-ring (bicyclic) bond motifs is 1. The SMILES string of the molecule is COc1ccc(CNC(=O)[C@H](Cc2c[nH]c3ccccc23)NC(=O)c2cccs2)cc1OC. The molecule has 8 heteroatoms. The Morgan fingerprint density at radius 1 is 1.03 bits per heavy atom. The van der Waals surface area contributed by atoms with Crippen LogP contribution in [0, 0.1) is 0 Å². The Bertz CT molecular complexity index is 1250. The quantitative estimate of drug-likeness (QED) is 0.351. The highest BCUT2D eigenvalue weighted by atomic mass is 32.1. The Morgan fingerprint density at radius 2 is 1.85 bits per heavy atom. The van der Waals surface area contributed by atoms with Crippen molar-refractivity contribution in [1.82, 2.24) is 15.6 Å². The number of hydrogen-bond donors (Lipinski definition) is 3. The molecule has 0 aliphatic carbocycles. The minimum absolute atomic E-state index is 0.264. The van der Waals surface area contributed by atoms with E-state index in [-0.39, 0.29) is 11.8 Å². The Labute approximate surface area is 195 Å². The van der Waals surface area contributed by atoms with Gasteiger partial charge in [-0.05, 0) is 40.8 Å². The number of amides is 2. The van der Waals surface area contributed by atoms with Crippen molar-refractivity contribution in [3.05, 3.63) is 82.2 Å². The van der Waals surface area contributed by atoms with Crippen LogP contribution in [0.3, 0.4) is 0 Å². The third-order valence-electron chi connectivity index (χ3n) is 5.38. The summed E-state index contributed by atoms with van der Waals surface area (Å²) in [6.45, 7) is 0.290. The summed E-state index contributed by atoms with van der Waals surface area (Å²) in [5.41, 5.74) is 2.81. The van der Waals surface area contributed by atoms with E-state index in [9.17, 15) is 9.59 Å². The van der Waals surface area contributed by atoms with Crippen molar-refractivity contribution in [2.75, 3.05) is 14.2 Å². The molecule has 0 bridgehead atoms. The van der Waals surface area contributed by atoms with E-state index in [0.717, 1.165) is 22.0 Å². The van der Waals surface area contributed by atoms with Crippen molar-refractivity contribution in [2.24, 2.45) is 0 Å². The van der Waals surface area contributed by atoms with Gasteiger partial charge in [0.15, 0.2) is 11.5 Å². The highest BCUT2D eigenvalue weighted by molar-refractivity contribution is 7.12. The van der Waals surface area contributed by atoms with Gasteiger partial charge in [-0.3, -0.25) is 9.59 Å². The lowest BCUT2D eigenvalue weighted by atomic mass is 10.0. The second-order valence-corrected chi connectivity index (χ2v) is 8.42. The predicted octanol–water partition coefficient (Wildman–Crippen LogP) is 3.90. The lowest BCUT2D eigenvalue weighted by Crippen LogP contribution is -2.47. The van der Waals surface area contributed by atoms with Gasteiger partial charge in [0.1, 0.15) is 6.04 Å². The molecule has 2 aromatic heterocycles. The van der Waals surface area contributed by atoms with E-state index in [2.05, 4.69) is 15.6 Å². The van der Waals surface area contributed by atoms with Crippen molar-refractivity contribution in [1.29, 1.82) is 0 Å². The van der Waals surface area contributed by atoms with Crippen LogP contribution in [0.5, 0.6) is 11.5 Å². The molecule has 0 saturated carbocycles. The summed E-state index contributed by atoms with van der Waals surface area (Å²) in [5, 5.41) is 8.70. The molecule has 4 aromatic rings. The molecule has 0 aliphatic heterocycles. The minimum Gasteiger partial charge on any atom is -0.493 e. The average Bonchev–Trinajstić information content (AvgIpc) is 3.52. The predicted molar refractivity (Wildman–Crippen MR) is 129 cm³/mol. The number of carbonyl (C=O) groups excluding carboxylic acids is 2. The fourth-order valence-electron chi connectivity index (χ4n) is 3.67. The van der Waals surface area contributed by atoms with Crippen LogP contribution in [-0.4, -0.2) is 37.1 Å². The van der Waals surface area contributed by atoms with Gasteiger partial charge in [0.25, 0.3) is 5.91 Å². The van der Waals surface area contributed by atoms with Crippen LogP contribution in [0.2, 0.25) is 0 Å². The Morgan fingerprint density at radius 3 is 2.61 bits per heavy atom. The molecule has 170 valence electrons. The van der Waals surface area contributed by atoms with Gasteiger partial charge >= 0.3 is 0 Å². The summed E-state index contributed by atoms with van der Waals surface area (Å²) in [7, 11) is 3.14. The number of benzene rings is 2. The zero-order chi connectivity index (χ0) is 23.2. The number of aromatic nitrogens is 1. The summed E-state index contributed by atoms with van der Waals surface area (Å²) >= 11 is 1.34. The molecule has 4 rings (SSSR count). The molecule has 0 fully saturated rings. The van der Waals surface area contributed by atoms with E-state index < -0.39 is 6.04 Å². The van der Waals surface area contributed by atoms with Crippen LogP contribution in [0.25, 0.3) is 10.9 Å². The topological polar surface area (TPSA) is 92.5 Å². The second-order valence-electron chi connectivity index (χ2n) is 7.47. The fourth-order valence-corrected chi connectivity index (χ4v) is 4.30. The zero-order valence-electron chi connectivity index (χ0n) is 18.4. The number of H-pyrrole nitrogens is 1. The number of para-hydroxylation sites is 1. The fraction of sp³-hybridized carbons (Fsp3) is 0.200. The molecule has 7 nitrogen and oxygen atoms in total. The number of thiophene rings is 1. The molecule has 0 unspecified atom stereocenters. The van der Waals surface area contributed by atoms with E-state index >= 15 is 0 Å². The lowest BCUT2D eigenvalue weighted by Gasteiger charge is -2.18. The van der Waals surface area contributed by atoms with E-state index in [1.165, 1.54) is 11.3 Å². The van der Waals surface area contributed by atoms with Crippen LogP contribution in [0.15, 0.2) is 66.2 Å². The molecule has 0 aliphatic rings. The number of methoxy groups -OCH3 is 2. The van der Waals surface area contributed by atoms with Gasteiger partial charge in [-0.2, -0.15) is 0 Å². The first-order chi connectivity index (χ1) is 16.1. The van der Waals surface area contributed by atoms with Crippen LogP contribution in [0.1, 0.15) is 20.8 Å². The van der Waals surface area contributed by atoms with Crippen LogP contribution in [-0.2, 0) is 17.8 Å². The van der Waals surface area contributed by atoms with Crippen LogP contribution in [0.4, 0.5) is 0 Å². The highest BCUT2D eigenvalue weighted by Crippen LogP contribution is 2.27. The number of nitrogens with one attached hydrogen (secondary N) is 3. The van der Waals surface area contributed by atoms with E-state index in [1.807, 2.05) is 54.0 Å². The lowest BCUT2D eigenvalue weighted by molar-refractivity contribution is -0.123. The Balaban J connectivity index is 1.51. The molecular weight excluding hydrogens is 438 g/mol. The first kappa shape index (κ1) is 22.4. The van der Waals surface area contributed by atoms with E-state index in [4.69, 9.17) is 9.47 Å². The minimum atomic E-state index is -0.737. The summed E-state index contributed by atoms with van der Waals surface area (Å²) < 4.78 is 10.6. The van der Waals surface area contributed by atoms with Crippen molar-refractivity contribution in [3.8, 4) is 11.5 Å². The number of rotatable bonds is 9. The highest BCUT2D eigenvalue weighted by Gasteiger charge is 2.23. The molecule has 1 atom stereocenters. The summed E-state index contributed by atoms with van der Waals surface area (Å²) in [5.74, 6) is 0.676. The first-order valence-electron chi connectivity index (χ1n) is 10.5. The third kappa shape index (κ3) is 5.18. The normalized spacial score (nSPS) is 11.7. The van der Waals surface area contributed by atoms with Gasteiger partial charge in [0.2, 0.25) is 5.91 Å². The van der Waals surface area contributed by atoms with Crippen LogP contribution < -0.4 is 20.1 Å². The molecule has 0 radical (unpaired) electrons. The summed E-state index contributed by atoms with van der Waals surface area (Å²) in [6.07, 6.45) is 2.25. The first-order valence-corrected chi connectivity index (χ1v) is 11.3. The van der Waals surface area contributed by atoms with Gasteiger partial charge in [-0.25, -0.2) is 0 Å². The van der Waals surface area contributed by atoms with Crippen molar-refractivity contribution >= 4 is 34.1 Å². The standard InChI is InChI=1S/C25H25N3O4S/c1-31-21-10-9-16(12-22(21)32-2)14-27-24(29)20(28-25(30)23-8-5-11-33-23)13-17-15-26-19-7-4-3-6-18(17)19/h3-12,15,20,26H,13-14H2,1-2H3,(H,27,29)(H,28,30)/t20-/m0/s1. The smallest absolute Gasteiger partial charge is 0.262 e. The third-order valence-corrected chi connectivity index (χ3v) is 6.25. The summed E-state index contributed by atoms with van der Waals surface area (Å²) in [4.78, 5) is 29.7. The van der Waals surface area contributed by atoms with E-state index in [1.54, 1.807) is 26.4 Å². The maximum absolute atomic E-state index is 13.2. The second kappa shape index (κ2) is 10.2. The molecule has 2 heterocycles. The van der Waals surface area contributed by atoms with E-state index in [0.29, 0.717) is 29.3 Å². The molecule has 3 N–H and O–H groups in total. The van der Waals surface area contributed by atoms with Gasteiger partial charge in [0.05, 0.1) is 19.1 Å². The number of hydrogen-bond acceptors (Lipinski definition) is 5. The molecular formula is C25H25N3O4S. The van der Waals surface area contributed by atoms with Crippen molar-refractivity contribution in [3.63, 3.8) is 0 Å². The number of aromatic amines is 1. The van der Waals surface area contributed by atoms with Crippen LogP contribution >= 0.6 is 11.3 Å². The summed E-state index contributed by atoms with van der Waals surface area (Å²) in [6, 6.07) is 16.2. The van der Waals surface area contributed by atoms with Gasteiger partial charge < -0.3 is 25.1 Å². The zero-order valence-corrected chi connectivity index (χ0v) is 19.2. The molecule has 0 spiro atoms. The maximum atomic E-state index is 13.2. The maximum Gasteiger partial charge on any atom is 0.262 e. The van der Waals surface area contributed by atoms with Gasteiger partial charge in [-0.15, -0.1) is 11.3 Å². The Hall–Kier alpha value is -3.78.